The molecule has 1 heterocycles. The molecule has 2 rings (SSSR count). The van der Waals surface area contributed by atoms with Gasteiger partial charge in [0.05, 0.1) is 13.4 Å². The number of nitrogens with one attached hydrogen (secondary N) is 1. The van der Waals surface area contributed by atoms with Crippen LogP contribution in [0.5, 0.6) is 5.75 Å². The smallest absolute Gasteiger partial charge is 0.301 e. The van der Waals surface area contributed by atoms with Crippen molar-refractivity contribution in [3.05, 3.63) is 47.9 Å². The molecule has 0 saturated heterocycles. The quantitative estimate of drug-likeness (QED) is 0.491. The van der Waals surface area contributed by atoms with Crippen LogP contribution in [0, 0.1) is 0 Å². The Kier molecular flexibility index (Phi) is 4.27. The summed E-state index contributed by atoms with van der Waals surface area (Å²) in [6.07, 6.45) is 1.47. The van der Waals surface area contributed by atoms with Crippen molar-refractivity contribution in [1.82, 2.24) is 5.43 Å². The van der Waals surface area contributed by atoms with Crippen LogP contribution in [0.15, 0.2) is 41.0 Å². The molecule has 1 aromatic heterocycles. The minimum Gasteiger partial charge on any atom is -0.497 e. The molecule has 1 amide bonds. The van der Waals surface area contributed by atoms with Crippen molar-refractivity contribution in [3.8, 4) is 5.75 Å². The van der Waals surface area contributed by atoms with Crippen molar-refractivity contribution >= 4 is 11.6 Å². The van der Waals surface area contributed by atoms with E-state index >= 15 is 0 Å². The lowest BCUT2D eigenvalue weighted by atomic mass is 10.2. The second kappa shape index (κ2) is 6.12. The Morgan fingerprint density at radius 1 is 1.45 bits per heavy atom. The summed E-state index contributed by atoms with van der Waals surface area (Å²) in [6.45, 7) is 0.520. The summed E-state index contributed by atoms with van der Waals surface area (Å²) in [5, 5.41) is 0. The van der Waals surface area contributed by atoms with E-state index in [-0.39, 0.29) is 5.76 Å². The number of nitrogens with two attached hydrogens (primary N) is 1. The molecule has 0 spiro atoms. The highest BCUT2D eigenvalue weighted by Crippen LogP contribution is 2.22. The molecular weight excluding hydrogens is 258 g/mol. The number of nitrogens with zero attached hydrogens (tertiary/aromatic N) is 1. The van der Waals surface area contributed by atoms with Gasteiger partial charge in [-0.25, -0.2) is 5.84 Å². The van der Waals surface area contributed by atoms with Gasteiger partial charge < -0.3 is 14.1 Å². The fraction of sp³-hybridized carbons (Fsp3) is 0.214. The molecule has 2 aromatic rings. The first-order valence-corrected chi connectivity index (χ1v) is 6.08. The molecule has 0 aliphatic rings. The van der Waals surface area contributed by atoms with Gasteiger partial charge in [-0.3, -0.25) is 10.2 Å². The summed E-state index contributed by atoms with van der Waals surface area (Å²) in [5.74, 6) is 5.69. The van der Waals surface area contributed by atoms with E-state index in [4.69, 9.17) is 15.0 Å². The number of hydrogen-bond acceptors (Lipinski definition) is 5. The number of benzene rings is 1. The van der Waals surface area contributed by atoms with Gasteiger partial charge in [-0.05, 0) is 18.2 Å². The molecule has 0 aliphatic heterocycles. The van der Waals surface area contributed by atoms with Crippen LogP contribution in [-0.4, -0.2) is 20.1 Å². The molecule has 0 unspecified atom stereocenters. The highest BCUT2D eigenvalue weighted by atomic mass is 16.5. The third-order valence-electron chi connectivity index (χ3n) is 2.99. The minimum absolute atomic E-state index is 0.224. The lowest BCUT2D eigenvalue weighted by molar-refractivity contribution is 0.0924. The van der Waals surface area contributed by atoms with Crippen LogP contribution in [-0.2, 0) is 6.54 Å². The van der Waals surface area contributed by atoms with Crippen LogP contribution < -0.4 is 20.9 Å². The molecule has 0 radical (unpaired) electrons. The van der Waals surface area contributed by atoms with E-state index in [0.29, 0.717) is 6.54 Å². The molecule has 0 atom stereocenters. The minimum atomic E-state index is -0.441. The Labute approximate surface area is 117 Å². The standard InChI is InChI=1S/C14H17N3O3/c1-17(11-4-3-5-12(8-11)19-2)9-10-6-7-20-13(10)14(18)16-15/h3-8H,9,15H2,1-2H3,(H,16,18). The topological polar surface area (TPSA) is 80.7 Å². The van der Waals surface area contributed by atoms with Gasteiger partial charge in [0.2, 0.25) is 0 Å². The number of anilines is 1. The van der Waals surface area contributed by atoms with Gasteiger partial charge in [0.15, 0.2) is 5.76 Å². The molecule has 20 heavy (non-hydrogen) atoms. The van der Waals surface area contributed by atoms with Crippen LogP contribution in [0.2, 0.25) is 0 Å². The summed E-state index contributed by atoms with van der Waals surface area (Å²) < 4.78 is 10.3. The number of ether oxygens (including phenoxy) is 1. The molecule has 0 aliphatic carbocycles. The molecule has 6 heteroatoms. The Morgan fingerprint density at radius 2 is 2.25 bits per heavy atom. The summed E-state index contributed by atoms with van der Waals surface area (Å²) in [5.41, 5.74) is 3.81. The predicted molar refractivity (Wildman–Crippen MR) is 75.5 cm³/mol. The van der Waals surface area contributed by atoms with Crippen molar-refractivity contribution in [1.29, 1.82) is 0 Å². The van der Waals surface area contributed by atoms with E-state index in [9.17, 15) is 4.79 Å². The zero-order chi connectivity index (χ0) is 14.5. The number of methoxy groups -OCH3 is 1. The molecule has 0 saturated carbocycles. The van der Waals surface area contributed by atoms with Gasteiger partial charge in [-0.2, -0.15) is 0 Å². The lowest BCUT2D eigenvalue weighted by Crippen LogP contribution is -2.31. The van der Waals surface area contributed by atoms with Gasteiger partial charge in [0.1, 0.15) is 5.75 Å². The summed E-state index contributed by atoms with van der Waals surface area (Å²) in [4.78, 5) is 13.5. The largest absolute Gasteiger partial charge is 0.497 e. The zero-order valence-corrected chi connectivity index (χ0v) is 11.4. The van der Waals surface area contributed by atoms with Crippen LogP contribution in [0.3, 0.4) is 0 Å². The average Bonchev–Trinajstić information content (AvgIpc) is 2.94. The number of furan rings is 1. The van der Waals surface area contributed by atoms with Crippen molar-refractivity contribution in [3.63, 3.8) is 0 Å². The van der Waals surface area contributed by atoms with Crippen molar-refractivity contribution < 1.29 is 13.9 Å². The fourth-order valence-corrected chi connectivity index (χ4v) is 1.92. The first kappa shape index (κ1) is 14.0. The maximum atomic E-state index is 11.5. The molecule has 0 bridgehead atoms. The van der Waals surface area contributed by atoms with E-state index in [1.165, 1.54) is 6.26 Å². The highest BCUT2D eigenvalue weighted by molar-refractivity contribution is 5.92. The number of nitrogen functional groups attached to an aromatic ring is 1. The molecule has 106 valence electrons. The Bertz CT molecular complexity index is 595. The molecule has 6 nitrogen and oxygen atoms in total. The highest BCUT2D eigenvalue weighted by Gasteiger charge is 2.15. The van der Waals surface area contributed by atoms with Crippen molar-refractivity contribution in [2.75, 3.05) is 19.1 Å². The molecule has 1 aromatic carbocycles. The lowest BCUT2D eigenvalue weighted by Gasteiger charge is -2.19. The van der Waals surface area contributed by atoms with Gasteiger partial charge >= 0.3 is 5.91 Å². The van der Waals surface area contributed by atoms with Gasteiger partial charge in [0.25, 0.3) is 0 Å². The first-order valence-electron chi connectivity index (χ1n) is 6.08. The molecular formula is C14H17N3O3. The van der Waals surface area contributed by atoms with E-state index in [1.54, 1.807) is 13.2 Å². The van der Waals surface area contributed by atoms with Crippen LogP contribution in [0.25, 0.3) is 0 Å². The van der Waals surface area contributed by atoms with Gasteiger partial charge in [-0.15, -0.1) is 0 Å². The van der Waals surface area contributed by atoms with E-state index in [0.717, 1.165) is 17.0 Å². The van der Waals surface area contributed by atoms with Crippen LogP contribution >= 0.6 is 0 Å². The van der Waals surface area contributed by atoms with Crippen LogP contribution in [0.1, 0.15) is 16.1 Å². The number of amides is 1. The van der Waals surface area contributed by atoms with Crippen molar-refractivity contribution in [2.24, 2.45) is 5.84 Å². The zero-order valence-electron chi connectivity index (χ0n) is 11.4. The summed E-state index contributed by atoms with van der Waals surface area (Å²) in [6, 6.07) is 9.42. The molecule has 3 N–H and O–H groups in total. The number of carbonyl (C=O) groups excluding carboxylic acids is 1. The monoisotopic (exact) mass is 275 g/mol. The van der Waals surface area contributed by atoms with Gasteiger partial charge in [0, 0.05) is 30.9 Å². The fourth-order valence-electron chi connectivity index (χ4n) is 1.92. The van der Waals surface area contributed by atoms with E-state index in [2.05, 4.69) is 5.43 Å². The first-order chi connectivity index (χ1) is 9.65. The Hall–Kier alpha value is -2.47. The second-order valence-electron chi connectivity index (χ2n) is 4.31. The number of hydrazine groups is 1. The molecule has 0 fully saturated rings. The van der Waals surface area contributed by atoms with E-state index in [1.807, 2.05) is 36.2 Å². The maximum absolute atomic E-state index is 11.5. The predicted octanol–water partition coefficient (Wildman–Crippen LogP) is 1.53. The van der Waals surface area contributed by atoms with Gasteiger partial charge in [-0.1, -0.05) is 6.07 Å². The summed E-state index contributed by atoms with van der Waals surface area (Å²) >= 11 is 0. The third kappa shape index (κ3) is 2.92. The maximum Gasteiger partial charge on any atom is 0.301 e. The van der Waals surface area contributed by atoms with Crippen molar-refractivity contribution in [2.45, 2.75) is 6.54 Å². The second-order valence-corrected chi connectivity index (χ2v) is 4.31. The number of rotatable bonds is 5. The average molecular weight is 275 g/mol. The number of carbonyl (C=O) groups is 1. The van der Waals surface area contributed by atoms with Crippen LogP contribution in [0.4, 0.5) is 5.69 Å². The SMILES string of the molecule is COc1cccc(N(C)Cc2ccoc2C(=O)NN)c1. The normalized spacial score (nSPS) is 10.2. The van der Waals surface area contributed by atoms with E-state index < -0.39 is 5.91 Å². The summed E-state index contributed by atoms with van der Waals surface area (Å²) in [7, 11) is 3.55. The Morgan fingerprint density at radius 3 is 2.95 bits per heavy atom. The number of hydrogen-bond donors (Lipinski definition) is 2. The third-order valence-corrected chi connectivity index (χ3v) is 2.99. The Balaban J connectivity index is 2.17.